The van der Waals surface area contributed by atoms with Crippen molar-refractivity contribution in [3.05, 3.63) is 48.5 Å². The molecule has 0 radical (unpaired) electrons. The fraction of sp³-hybridized carbons (Fsp3) is 0.538. The molecular weight excluding hydrogens is 816 g/mol. The van der Waals surface area contributed by atoms with Crippen molar-refractivity contribution in [3.63, 3.8) is 0 Å². The molecule has 3 aromatic rings. The summed E-state index contributed by atoms with van der Waals surface area (Å²) in [7, 11) is 6.17. The SMILES string of the molecule is C=O.COCN1C(=O)N(COC)C2C1N(C)C(=O)N2COC.OCCNc1nc(NCCO)nc(NCCO)n1.c1cc(-c2ccc(OCC3CO3)cc2)ccc1OCC1CO1. The minimum absolute atomic E-state index is 0.0372. The Kier molecular flexibility index (Phi) is 20.5. The number of methoxy groups -OCH3 is 3. The molecule has 4 saturated heterocycles. The molecule has 1 aromatic heterocycles. The molecule has 23 nitrogen and oxygen atoms in total. The van der Waals surface area contributed by atoms with Crippen LogP contribution in [-0.4, -0.2) is 208 Å². The molecule has 4 aliphatic heterocycles. The van der Waals surface area contributed by atoms with Gasteiger partial charge in [-0.3, -0.25) is 14.7 Å². The summed E-state index contributed by atoms with van der Waals surface area (Å²) < 4.78 is 36.7. The maximum Gasteiger partial charge on any atom is 0.327 e. The van der Waals surface area contributed by atoms with Crippen molar-refractivity contribution >= 4 is 36.7 Å². The number of aliphatic hydroxyl groups excluding tert-OH is 3. The number of nitrogens with zero attached hydrogens (tertiary/aromatic N) is 7. The fourth-order valence-electron chi connectivity index (χ4n) is 6.00. The number of aliphatic hydroxyl groups is 3. The number of hydrogen-bond donors (Lipinski definition) is 6. The number of anilines is 3. The van der Waals surface area contributed by atoms with E-state index in [0.717, 1.165) is 35.8 Å². The number of epoxide rings is 2. The van der Waals surface area contributed by atoms with Crippen molar-refractivity contribution in [1.82, 2.24) is 34.6 Å². The first-order chi connectivity index (χ1) is 30.2. The smallest absolute Gasteiger partial charge is 0.327 e. The van der Waals surface area contributed by atoms with E-state index in [1.165, 1.54) is 40.9 Å². The van der Waals surface area contributed by atoms with Crippen LogP contribution in [0.15, 0.2) is 48.5 Å². The lowest BCUT2D eigenvalue weighted by Gasteiger charge is -2.28. The number of likely N-dealkylation sites (N-methyl/N-ethyl adjacent to an activating group) is 1. The topological polar surface area (TPSA) is 271 Å². The van der Waals surface area contributed by atoms with Crippen molar-refractivity contribution in [2.45, 2.75) is 24.5 Å². The Morgan fingerprint density at radius 2 is 0.952 bits per heavy atom. The van der Waals surface area contributed by atoms with Crippen molar-refractivity contribution in [2.24, 2.45) is 0 Å². The highest BCUT2D eigenvalue weighted by molar-refractivity contribution is 5.84. The summed E-state index contributed by atoms with van der Waals surface area (Å²) in [5, 5.41) is 34.6. The molecule has 62 heavy (non-hydrogen) atoms. The summed E-state index contributed by atoms with van der Waals surface area (Å²) in [6, 6.07) is 15.8. The van der Waals surface area contributed by atoms with Crippen LogP contribution in [0.25, 0.3) is 11.1 Å². The van der Waals surface area contributed by atoms with Gasteiger partial charge in [0.25, 0.3) is 0 Å². The summed E-state index contributed by atoms with van der Waals surface area (Å²) >= 11 is 0. The number of urea groups is 2. The molecule has 23 heteroatoms. The molecule has 0 saturated carbocycles. The van der Waals surface area contributed by atoms with E-state index in [9.17, 15) is 9.59 Å². The van der Waals surface area contributed by atoms with Crippen molar-refractivity contribution in [3.8, 4) is 22.6 Å². The van der Waals surface area contributed by atoms with E-state index in [4.69, 9.17) is 53.3 Å². The van der Waals surface area contributed by atoms with Crippen LogP contribution >= 0.6 is 0 Å². The van der Waals surface area contributed by atoms with E-state index < -0.39 is 12.3 Å². The number of carbonyl (C=O) groups is 3. The molecule has 4 atom stereocenters. The average Bonchev–Trinajstić information content (AvgIpc) is 4.25. The van der Waals surface area contributed by atoms with E-state index in [1.54, 1.807) is 7.05 Å². The van der Waals surface area contributed by atoms with Crippen LogP contribution in [-0.2, 0) is 28.5 Å². The summed E-state index contributed by atoms with van der Waals surface area (Å²) in [6.45, 7) is 6.08. The highest BCUT2D eigenvalue weighted by Gasteiger charge is 2.58. The predicted octanol–water partition coefficient (Wildman–Crippen LogP) is 0.363. The number of carbonyl (C=O) groups excluding carboxylic acids is 3. The fourth-order valence-corrected chi connectivity index (χ4v) is 6.00. The second-order valence-electron chi connectivity index (χ2n) is 13.5. The first-order valence-corrected chi connectivity index (χ1v) is 19.6. The minimum Gasteiger partial charge on any atom is -0.491 e. The zero-order valence-electron chi connectivity index (χ0n) is 35.4. The number of fused-ring (bicyclic) bond motifs is 1. The number of nitrogens with one attached hydrogen (secondary N) is 3. The van der Waals surface area contributed by atoms with Gasteiger partial charge in [0.1, 0.15) is 63.9 Å². The lowest BCUT2D eigenvalue weighted by molar-refractivity contribution is -0.0980. The Hall–Kier alpha value is -5.66. The second-order valence-corrected chi connectivity index (χ2v) is 13.5. The predicted molar refractivity (Wildman–Crippen MR) is 223 cm³/mol. The van der Waals surface area contributed by atoms with Crippen molar-refractivity contribution < 1.29 is 62.9 Å². The van der Waals surface area contributed by atoms with Crippen LogP contribution in [0.4, 0.5) is 27.4 Å². The standard InChI is InChI=1S/C18H18O4.C11H20N4O5.C9H18N6O3.CH2O/c1-5-15(19-9-17-11-21-17)6-2-13(1)14-3-7-16(8-4-14)20-10-18-12-22-18;1-12-8-9(14(6-19-3)10(12)16)15(7-20-4)11(17)13(8)5-18-2;16-4-1-10-7-13-8(11-2-5-17)15-9(14-7)12-3-6-18;1-2/h1-8,17-18H,9-12H2;8-9H,5-7H2,1-4H3;16-18H,1-6H2,(H3,10,11,12,13,14,15);1H2. The van der Waals surface area contributed by atoms with Gasteiger partial charge in [-0.15, -0.1) is 0 Å². The van der Waals surface area contributed by atoms with Crippen LogP contribution in [0.3, 0.4) is 0 Å². The second kappa shape index (κ2) is 26.0. The summed E-state index contributed by atoms with van der Waals surface area (Å²) in [5.41, 5.74) is 2.32. The summed E-state index contributed by atoms with van der Waals surface area (Å²) in [4.78, 5) is 50.8. The Labute approximate surface area is 359 Å². The quantitative estimate of drug-likeness (QED) is 0.0744. The third-order valence-electron chi connectivity index (χ3n) is 9.00. The maximum absolute atomic E-state index is 12.4. The van der Waals surface area contributed by atoms with E-state index in [1.807, 2.05) is 31.1 Å². The largest absolute Gasteiger partial charge is 0.491 e. The Morgan fingerprint density at radius 1 is 0.613 bits per heavy atom. The molecule has 0 bridgehead atoms. The van der Waals surface area contributed by atoms with Crippen molar-refractivity contribution in [1.29, 1.82) is 0 Å². The van der Waals surface area contributed by atoms with Gasteiger partial charge >= 0.3 is 12.1 Å². The molecule has 4 unspecified atom stereocenters. The molecule has 342 valence electrons. The third kappa shape index (κ3) is 14.5. The molecular formula is C39H58N10O13. The number of amides is 4. The summed E-state index contributed by atoms with van der Waals surface area (Å²) in [5.74, 6) is 2.67. The van der Waals surface area contributed by atoms with Crippen LogP contribution in [0.1, 0.15) is 0 Å². The molecule has 7 rings (SSSR count). The lowest BCUT2D eigenvalue weighted by atomic mass is 10.1. The van der Waals surface area contributed by atoms with Gasteiger partial charge in [-0.1, -0.05) is 24.3 Å². The van der Waals surface area contributed by atoms with Gasteiger partial charge in [-0.25, -0.2) is 9.59 Å². The molecule has 6 N–H and O–H groups in total. The Morgan fingerprint density at radius 3 is 1.27 bits per heavy atom. The van der Waals surface area contributed by atoms with Gasteiger partial charge in [0, 0.05) is 48.0 Å². The van der Waals surface area contributed by atoms with E-state index >= 15 is 0 Å². The van der Waals surface area contributed by atoms with Gasteiger partial charge in [-0.2, -0.15) is 15.0 Å². The maximum atomic E-state index is 12.4. The Bertz CT molecular complexity index is 1650. The van der Waals surface area contributed by atoms with Gasteiger partial charge < -0.3 is 74.1 Å². The zero-order chi connectivity index (χ0) is 44.9. The van der Waals surface area contributed by atoms with Crippen molar-refractivity contribution in [2.75, 3.05) is 130 Å². The van der Waals surface area contributed by atoms with Crippen LogP contribution in [0.5, 0.6) is 11.5 Å². The third-order valence-corrected chi connectivity index (χ3v) is 9.00. The van der Waals surface area contributed by atoms with Gasteiger partial charge in [0.2, 0.25) is 17.8 Å². The zero-order valence-corrected chi connectivity index (χ0v) is 35.4. The van der Waals surface area contributed by atoms with Crippen LogP contribution in [0, 0.1) is 0 Å². The van der Waals surface area contributed by atoms with Gasteiger partial charge in [-0.05, 0) is 35.4 Å². The van der Waals surface area contributed by atoms with Gasteiger partial charge in [0.05, 0.1) is 33.0 Å². The van der Waals surface area contributed by atoms with E-state index in [0.29, 0.717) is 50.7 Å². The van der Waals surface area contributed by atoms with Crippen LogP contribution < -0.4 is 25.4 Å². The normalized spacial score (nSPS) is 19.3. The molecule has 4 amide bonds. The highest BCUT2D eigenvalue weighted by atomic mass is 16.6. The molecule has 5 heterocycles. The molecule has 0 aliphatic carbocycles. The molecule has 4 fully saturated rings. The minimum atomic E-state index is -0.449. The number of benzene rings is 2. The molecule has 0 spiro atoms. The first-order valence-electron chi connectivity index (χ1n) is 19.6. The number of ether oxygens (including phenoxy) is 7. The lowest BCUT2D eigenvalue weighted by Crippen LogP contribution is -2.47. The monoisotopic (exact) mass is 874 g/mol. The average molecular weight is 875 g/mol. The van der Waals surface area contributed by atoms with E-state index in [-0.39, 0.29) is 64.3 Å². The highest BCUT2D eigenvalue weighted by Crippen LogP contribution is 2.34. The Balaban J connectivity index is 0.000000202. The number of hydrogen-bond acceptors (Lipinski definition) is 19. The van der Waals surface area contributed by atoms with E-state index in [2.05, 4.69) is 55.2 Å². The molecule has 4 aliphatic rings. The first kappa shape index (κ1) is 49.0. The van der Waals surface area contributed by atoms with Gasteiger partial charge in [0.15, 0.2) is 12.3 Å². The molecule has 2 aromatic carbocycles. The number of rotatable bonds is 22. The van der Waals surface area contributed by atoms with Crippen LogP contribution in [0.2, 0.25) is 0 Å². The number of aromatic nitrogens is 3. The summed E-state index contributed by atoms with van der Waals surface area (Å²) in [6.07, 6.45) is -0.295.